The molecule has 12 nitrogen and oxygen atoms in total. The zero-order chi connectivity index (χ0) is 30.2. The van der Waals surface area contributed by atoms with E-state index in [4.69, 9.17) is 4.74 Å². The molecule has 0 aliphatic rings. The zero-order valence-corrected chi connectivity index (χ0v) is 26.4. The summed E-state index contributed by atoms with van der Waals surface area (Å²) in [5.41, 5.74) is 4.27. The number of nitrogens with one attached hydrogen (secondary N) is 2. The first kappa shape index (κ1) is 29.2. The van der Waals surface area contributed by atoms with E-state index in [1.54, 1.807) is 63.0 Å². The van der Waals surface area contributed by atoms with Crippen LogP contribution in [0, 0.1) is 0 Å². The van der Waals surface area contributed by atoms with Crippen LogP contribution in [0.2, 0.25) is 0 Å². The number of rotatable bonds is 8. The Hall–Kier alpha value is -4.35. The van der Waals surface area contributed by atoms with Crippen molar-refractivity contribution in [2.75, 3.05) is 45.2 Å². The summed E-state index contributed by atoms with van der Waals surface area (Å²) in [6.45, 7) is 3.39. The van der Waals surface area contributed by atoms with E-state index in [1.165, 1.54) is 12.0 Å². The van der Waals surface area contributed by atoms with Gasteiger partial charge in [-0.05, 0) is 59.1 Å². The van der Waals surface area contributed by atoms with Gasteiger partial charge in [-0.1, -0.05) is 0 Å². The lowest BCUT2D eigenvalue weighted by Crippen LogP contribution is -2.22. The molecule has 0 saturated carbocycles. The largest absolute Gasteiger partial charge is 0.495 e. The van der Waals surface area contributed by atoms with E-state index in [1.807, 2.05) is 31.4 Å². The second-order valence-electron chi connectivity index (χ2n) is 10.1. The number of fused-ring (bicyclic) bond motifs is 1. The number of aromatic nitrogens is 6. The van der Waals surface area contributed by atoms with Crippen LogP contribution in [-0.4, -0.2) is 75.1 Å². The zero-order valence-electron chi connectivity index (χ0n) is 23.9. The van der Waals surface area contributed by atoms with Crippen molar-refractivity contribution in [3.8, 4) is 16.9 Å². The Labute approximate surface area is 251 Å². The molecule has 5 aromatic rings. The molecule has 5 rings (SSSR count). The molecular weight excluding hydrogens is 621 g/mol. The van der Waals surface area contributed by atoms with Crippen molar-refractivity contribution in [1.29, 1.82) is 0 Å². The minimum Gasteiger partial charge on any atom is -0.495 e. The number of methoxy groups -OCH3 is 1. The SMILES string of the molecule is COc1cc(C(=O)N(C)C)c(-c2cnn(C)c2)cc1Nc1ncc(Br)c(Nc2ccc3nccnc3c2P(C)(C)=O)n1. The molecular formula is C28H29BrN9O3P. The van der Waals surface area contributed by atoms with Crippen LogP contribution in [0.5, 0.6) is 5.75 Å². The van der Waals surface area contributed by atoms with E-state index in [2.05, 4.69) is 51.6 Å². The lowest BCUT2D eigenvalue weighted by Gasteiger charge is -2.19. The Morgan fingerprint density at radius 3 is 2.48 bits per heavy atom. The lowest BCUT2D eigenvalue weighted by molar-refractivity contribution is 0.0828. The monoisotopic (exact) mass is 649 g/mol. The van der Waals surface area contributed by atoms with Crippen LogP contribution >= 0.6 is 23.1 Å². The number of nitrogens with zero attached hydrogens (tertiary/aromatic N) is 7. The summed E-state index contributed by atoms with van der Waals surface area (Å²) in [6, 6.07) is 7.14. The number of ether oxygens (including phenoxy) is 1. The number of carbonyl (C=O) groups excluding carboxylic acids is 1. The number of carbonyl (C=O) groups is 1. The maximum absolute atomic E-state index is 13.4. The summed E-state index contributed by atoms with van der Waals surface area (Å²) in [5, 5.41) is 11.4. The molecule has 0 saturated heterocycles. The van der Waals surface area contributed by atoms with Crippen molar-refractivity contribution in [2.24, 2.45) is 7.05 Å². The van der Waals surface area contributed by atoms with Crippen LogP contribution in [0.15, 0.2) is 59.7 Å². The fourth-order valence-corrected chi connectivity index (χ4v) is 6.18. The van der Waals surface area contributed by atoms with Crippen molar-refractivity contribution in [1.82, 2.24) is 34.6 Å². The van der Waals surface area contributed by atoms with Crippen molar-refractivity contribution < 1.29 is 14.1 Å². The highest BCUT2D eigenvalue weighted by molar-refractivity contribution is 9.10. The number of amides is 1. The van der Waals surface area contributed by atoms with Gasteiger partial charge in [0, 0.05) is 51.5 Å². The van der Waals surface area contributed by atoms with E-state index in [9.17, 15) is 9.36 Å². The van der Waals surface area contributed by atoms with Crippen LogP contribution in [-0.2, 0) is 11.6 Å². The minimum absolute atomic E-state index is 0.176. The molecule has 3 aromatic heterocycles. The molecule has 0 spiro atoms. The second kappa shape index (κ2) is 11.5. The second-order valence-corrected chi connectivity index (χ2v) is 14.1. The molecule has 0 aliphatic carbocycles. The number of halogens is 1. The van der Waals surface area contributed by atoms with Gasteiger partial charge in [0.1, 0.15) is 24.2 Å². The summed E-state index contributed by atoms with van der Waals surface area (Å²) in [5.74, 6) is 0.963. The van der Waals surface area contributed by atoms with Crippen LogP contribution in [0.4, 0.5) is 23.1 Å². The summed E-state index contributed by atoms with van der Waals surface area (Å²) in [7, 11) is 3.96. The Kier molecular flexibility index (Phi) is 7.98. The molecule has 0 unspecified atom stereocenters. The van der Waals surface area contributed by atoms with Gasteiger partial charge in [-0.3, -0.25) is 19.4 Å². The first-order valence-electron chi connectivity index (χ1n) is 12.7. The average molecular weight is 650 g/mol. The Morgan fingerprint density at radius 1 is 1.05 bits per heavy atom. The summed E-state index contributed by atoms with van der Waals surface area (Å²) in [6.07, 6.45) is 8.32. The van der Waals surface area contributed by atoms with Gasteiger partial charge in [0.05, 0.1) is 45.5 Å². The fraction of sp³-hybridized carbons (Fsp3) is 0.214. The number of hydrogen-bond donors (Lipinski definition) is 2. The molecule has 0 radical (unpaired) electrons. The number of benzene rings is 2. The molecule has 0 fully saturated rings. The van der Waals surface area contributed by atoms with E-state index in [0.717, 1.165) is 5.56 Å². The lowest BCUT2D eigenvalue weighted by atomic mass is 9.99. The van der Waals surface area contributed by atoms with E-state index >= 15 is 0 Å². The maximum atomic E-state index is 13.4. The van der Waals surface area contributed by atoms with Crippen molar-refractivity contribution in [2.45, 2.75) is 0 Å². The number of hydrogen-bond acceptors (Lipinski definition) is 10. The predicted octanol–water partition coefficient (Wildman–Crippen LogP) is 5.03. The quantitative estimate of drug-likeness (QED) is 0.220. The van der Waals surface area contributed by atoms with Gasteiger partial charge >= 0.3 is 0 Å². The van der Waals surface area contributed by atoms with Gasteiger partial charge < -0.3 is 24.8 Å². The highest BCUT2D eigenvalue weighted by Crippen LogP contribution is 2.41. The Bertz CT molecular complexity index is 1870. The Morgan fingerprint density at radius 2 is 1.81 bits per heavy atom. The van der Waals surface area contributed by atoms with Crippen LogP contribution in [0.1, 0.15) is 10.4 Å². The van der Waals surface area contributed by atoms with Gasteiger partial charge in [0.2, 0.25) is 5.95 Å². The topological polar surface area (TPSA) is 140 Å². The van der Waals surface area contributed by atoms with Crippen LogP contribution < -0.4 is 20.7 Å². The molecule has 14 heteroatoms. The summed E-state index contributed by atoms with van der Waals surface area (Å²) >= 11 is 3.52. The number of anilines is 4. The number of aryl methyl sites for hydroxylation is 1. The predicted molar refractivity (Wildman–Crippen MR) is 168 cm³/mol. The van der Waals surface area contributed by atoms with Crippen molar-refractivity contribution in [3.63, 3.8) is 0 Å². The molecule has 216 valence electrons. The maximum Gasteiger partial charge on any atom is 0.254 e. The molecule has 0 atom stereocenters. The molecule has 0 aliphatic heterocycles. The standard InChI is InChI=1S/C28H29BrN9O3P/c1-37(2)27(39)18-12-23(41-4)22(11-17(18)16-13-33-38(3)15-16)35-28-32-14-19(29)26(36-28)34-21-8-7-20-24(31-10-9-30-20)25(21)42(5,6)40/h7-15H,1-6H3,(H2,32,34,35,36). The normalized spacial score (nSPS) is 11.4. The highest BCUT2D eigenvalue weighted by Gasteiger charge is 2.23. The fourth-order valence-electron chi connectivity index (χ4n) is 4.49. The van der Waals surface area contributed by atoms with Gasteiger partial charge in [-0.2, -0.15) is 10.1 Å². The molecule has 2 N–H and O–H groups in total. The first-order chi connectivity index (χ1) is 20.0. The average Bonchev–Trinajstić information content (AvgIpc) is 3.39. The summed E-state index contributed by atoms with van der Waals surface area (Å²) < 4.78 is 21.3. The summed E-state index contributed by atoms with van der Waals surface area (Å²) in [4.78, 5) is 32.5. The third kappa shape index (κ3) is 5.83. The molecule has 42 heavy (non-hydrogen) atoms. The Balaban J connectivity index is 1.56. The molecule has 1 amide bonds. The molecule has 2 aromatic carbocycles. The van der Waals surface area contributed by atoms with E-state index < -0.39 is 7.14 Å². The first-order valence-corrected chi connectivity index (χ1v) is 16.1. The molecule has 0 bridgehead atoms. The third-order valence-electron chi connectivity index (χ3n) is 6.39. The van der Waals surface area contributed by atoms with Gasteiger partial charge in [0.15, 0.2) is 0 Å². The minimum atomic E-state index is -2.78. The van der Waals surface area contributed by atoms with Crippen molar-refractivity contribution >= 4 is 68.5 Å². The van der Waals surface area contributed by atoms with E-state index in [-0.39, 0.29) is 11.9 Å². The van der Waals surface area contributed by atoms with Crippen LogP contribution in [0.25, 0.3) is 22.2 Å². The van der Waals surface area contributed by atoms with Crippen molar-refractivity contribution in [3.05, 3.63) is 65.3 Å². The van der Waals surface area contributed by atoms with Gasteiger partial charge in [-0.15, -0.1) is 0 Å². The van der Waals surface area contributed by atoms with Gasteiger partial charge in [-0.25, -0.2) is 4.98 Å². The van der Waals surface area contributed by atoms with Gasteiger partial charge in [0.25, 0.3) is 5.91 Å². The van der Waals surface area contributed by atoms with E-state index in [0.29, 0.717) is 54.9 Å². The van der Waals surface area contributed by atoms with Crippen LogP contribution in [0.3, 0.4) is 0 Å². The highest BCUT2D eigenvalue weighted by atomic mass is 79.9. The smallest absolute Gasteiger partial charge is 0.254 e. The molecule has 3 heterocycles. The third-order valence-corrected chi connectivity index (χ3v) is 8.50.